The fourth-order valence-electron chi connectivity index (χ4n) is 2.66. The first-order chi connectivity index (χ1) is 8.97. The summed E-state index contributed by atoms with van der Waals surface area (Å²) in [5.74, 6) is -0.189. The smallest absolute Gasteiger partial charge is 0.311 e. The van der Waals surface area contributed by atoms with Crippen molar-refractivity contribution in [2.24, 2.45) is 17.1 Å². The molecular formula is C16H23NO2. The number of benzene rings is 1. The van der Waals surface area contributed by atoms with Gasteiger partial charge in [0.05, 0.1) is 5.41 Å². The maximum absolute atomic E-state index is 11.7. The molecule has 1 aromatic carbocycles. The number of carboxylic acids is 1. The molecule has 1 fully saturated rings. The average Bonchev–Trinajstić information content (AvgIpc) is 3.16. The van der Waals surface area contributed by atoms with Crippen LogP contribution >= 0.6 is 0 Å². The van der Waals surface area contributed by atoms with Crippen LogP contribution in [0.1, 0.15) is 36.0 Å². The number of nitrogens with two attached hydrogens (primary N) is 1. The molecule has 1 aromatic rings. The van der Waals surface area contributed by atoms with Crippen molar-refractivity contribution in [1.29, 1.82) is 0 Å². The SMILES string of the molecule is Cc1ccc(CC(CN)(CC2CC2)C(=O)O)cc1C. The molecule has 0 saturated heterocycles. The average molecular weight is 261 g/mol. The zero-order chi connectivity index (χ0) is 14.0. The van der Waals surface area contributed by atoms with Crippen molar-refractivity contribution >= 4 is 5.97 Å². The summed E-state index contributed by atoms with van der Waals surface area (Å²) in [5, 5.41) is 9.61. The molecular weight excluding hydrogens is 238 g/mol. The van der Waals surface area contributed by atoms with E-state index in [0.29, 0.717) is 18.8 Å². The van der Waals surface area contributed by atoms with Gasteiger partial charge in [-0.25, -0.2) is 0 Å². The molecule has 0 heterocycles. The highest BCUT2D eigenvalue weighted by Gasteiger charge is 2.42. The molecule has 19 heavy (non-hydrogen) atoms. The van der Waals surface area contributed by atoms with Gasteiger partial charge in [0.2, 0.25) is 0 Å². The second-order valence-electron chi connectivity index (χ2n) is 6.03. The fourth-order valence-corrected chi connectivity index (χ4v) is 2.66. The van der Waals surface area contributed by atoms with Crippen molar-refractivity contribution in [2.75, 3.05) is 6.54 Å². The monoisotopic (exact) mass is 261 g/mol. The topological polar surface area (TPSA) is 63.3 Å². The van der Waals surface area contributed by atoms with Gasteiger partial charge >= 0.3 is 5.97 Å². The van der Waals surface area contributed by atoms with Crippen LogP contribution in [0.5, 0.6) is 0 Å². The number of aryl methyl sites for hydroxylation is 2. The van der Waals surface area contributed by atoms with E-state index in [0.717, 1.165) is 18.4 Å². The molecule has 1 aliphatic rings. The predicted octanol–water partition coefficient (Wildman–Crippen LogP) is 2.68. The second-order valence-corrected chi connectivity index (χ2v) is 6.03. The molecule has 1 unspecified atom stereocenters. The first-order valence-electron chi connectivity index (χ1n) is 6.96. The van der Waals surface area contributed by atoms with E-state index in [2.05, 4.69) is 26.0 Å². The third kappa shape index (κ3) is 3.16. The van der Waals surface area contributed by atoms with Gasteiger partial charge in [-0.05, 0) is 49.3 Å². The van der Waals surface area contributed by atoms with E-state index in [9.17, 15) is 9.90 Å². The van der Waals surface area contributed by atoms with Crippen LogP contribution in [0.2, 0.25) is 0 Å². The van der Waals surface area contributed by atoms with Gasteiger partial charge in [0.25, 0.3) is 0 Å². The van der Waals surface area contributed by atoms with E-state index < -0.39 is 11.4 Å². The van der Waals surface area contributed by atoms with E-state index in [1.165, 1.54) is 11.1 Å². The summed E-state index contributed by atoms with van der Waals surface area (Å²) < 4.78 is 0. The minimum Gasteiger partial charge on any atom is -0.481 e. The maximum atomic E-state index is 11.7. The molecule has 3 heteroatoms. The summed E-state index contributed by atoms with van der Waals surface area (Å²) in [5.41, 5.74) is 8.56. The summed E-state index contributed by atoms with van der Waals surface area (Å²) in [6.45, 7) is 4.34. The Bertz CT molecular complexity index is 480. The van der Waals surface area contributed by atoms with Crippen molar-refractivity contribution in [3.63, 3.8) is 0 Å². The summed E-state index contributed by atoms with van der Waals surface area (Å²) in [6.07, 6.45) is 3.56. The molecule has 2 rings (SSSR count). The lowest BCUT2D eigenvalue weighted by molar-refractivity contribution is -0.149. The highest BCUT2D eigenvalue weighted by molar-refractivity contribution is 5.75. The molecule has 0 bridgehead atoms. The lowest BCUT2D eigenvalue weighted by Crippen LogP contribution is -2.41. The summed E-state index contributed by atoms with van der Waals surface area (Å²) in [4.78, 5) is 11.7. The van der Waals surface area contributed by atoms with Crippen molar-refractivity contribution in [3.05, 3.63) is 34.9 Å². The second kappa shape index (κ2) is 5.33. The van der Waals surface area contributed by atoms with Gasteiger partial charge in [-0.3, -0.25) is 4.79 Å². The Balaban J connectivity index is 2.22. The van der Waals surface area contributed by atoms with Gasteiger partial charge in [-0.2, -0.15) is 0 Å². The Hall–Kier alpha value is -1.35. The number of carbonyl (C=O) groups is 1. The molecule has 0 radical (unpaired) electrons. The molecule has 0 aliphatic heterocycles. The highest BCUT2D eigenvalue weighted by Crippen LogP contribution is 2.42. The lowest BCUT2D eigenvalue weighted by atomic mass is 9.77. The molecule has 1 aliphatic carbocycles. The quantitative estimate of drug-likeness (QED) is 0.827. The van der Waals surface area contributed by atoms with Gasteiger partial charge in [0, 0.05) is 6.54 Å². The third-order valence-corrected chi connectivity index (χ3v) is 4.33. The number of hydrogen-bond donors (Lipinski definition) is 2. The Kier molecular flexibility index (Phi) is 3.95. The lowest BCUT2D eigenvalue weighted by Gasteiger charge is -2.28. The Labute approximate surface area is 114 Å². The zero-order valence-electron chi connectivity index (χ0n) is 11.8. The van der Waals surface area contributed by atoms with Crippen LogP contribution in [0.3, 0.4) is 0 Å². The van der Waals surface area contributed by atoms with Crippen molar-refractivity contribution in [2.45, 2.75) is 39.5 Å². The van der Waals surface area contributed by atoms with Gasteiger partial charge < -0.3 is 10.8 Å². The van der Waals surface area contributed by atoms with Crippen molar-refractivity contribution < 1.29 is 9.90 Å². The Morgan fingerprint density at radius 1 is 1.37 bits per heavy atom. The Morgan fingerprint density at radius 3 is 2.53 bits per heavy atom. The maximum Gasteiger partial charge on any atom is 0.311 e. The molecule has 1 saturated carbocycles. The van der Waals surface area contributed by atoms with E-state index in [4.69, 9.17) is 5.73 Å². The van der Waals surface area contributed by atoms with E-state index >= 15 is 0 Å². The normalized spacial score (nSPS) is 18.1. The minimum absolute atomic E-state index is 0.214. The first kappa shape index (κ1) is 14.1. The van der Waals surface area contributed by atoms with Crippen LogP contribution in [0.15, 0.2) is 18.2 Å². The number of rotatable bonds is 6. The number of aliphatic carboxylic acids is 1. The fraction of sp³-hybridized carbons (Fsp3) is 0.562. The summed E-state index contributed by atoms with van der Waals surface area (Å²) in [6, 6.07) is 6.18. The highest BCUT2D eigenvalue weighted by atomic mass is 16.4. The van der Waals surface area contributed by atoms with Gasteiger partial charge in [0.1, 0.15) is 0 Å². The van der Waals surface area contributed by atoms with Gasteiger partial charge in [-0.15, -0.1) is 0 Å². The van der Waals surface area contributed by atoms with Crippen LogP contribution in [-0.2, 0) is 11.2 Å². The van der Waals surface area contributed by atoms with Crippen LogP contribution < -0.4 is 5.73 Å². The molecule has 3 N–H and O–H groups in total. The van der Waals surface area contributed by atoms with Crippen LogP contribution in [0, 0.1) is 25.2 Å². The number of carboxylic acid groups (broad SMARTS) is 1. The first-order valence-corrected chi connectivity index (χ1v) is 6.96. The summed E-state index contributed by atoms with van der Waals surface area (Å²) >= 11 is 0. The predicted molar refractivity (Wildman–Crippen MR) is 76.1 cm³/mol. The van der Waals surface area contributed by atoms with Gasteiger partial charge in [0.15, 0.2) is 0 Å². The summed E-state index contributed by atoms with van der Waals surface area (Å²) in [7, 11) is 0. The van der Waals surface area contributed by atoms with E-state index in [1.54, 1.807) is 0 Å². The van der Waals surface area contributed by atoms with Crippen molar-refractivity contribution in [1.82, 2.24) is 0 Å². The molecule has 1 atom stereocenters. The minimum atomic E-state index is -0.789. The van der Waals surface area contributed by atoms with Crippen molar-refractivity contribution in [3.8, 4) is 0 Å². The molecule has 0 spiro atoms. The number of hydrogen-bond acceptors (Lipinski definition) is 2. The molecule has 0 aromatic heterocycles. The van der Waals surface area contributed by atoms with Crippen LogP contribution in [0.25, 0.3) is 0 Å². The van der Waals surface area contributed by atoms with Crippen LogP contribution in [-0.4, -0.2) is 17.6 Å². The zero-order valence-corrected chi connectivity index (χ0v) is 11.8. The van der Waals surface area contributed by atoms with Gasteiger partial charge in [-0.1, -0.05) is 31.0 Å². The third-order valence-electron chi connectivity index (χ3n) is 4.33. The standard InChI is InChI=1S/C16H23NO2/c1-11-3-4-14(7-12(11)2)9-16(10-17,15(18)19)8-13-5-6-13/h3-4,7,13H,5-6,8-10,17H2,1-2H3,(H,18,19). The molecule has 3 nitrogen and oxygen atoms in total. The molecule has 104 valence electrons. The molecule has 0 amide bonds. The van der Waals surface area contributed by atoms with E-state index in [1.807, 2.05) is 6.07 Å². The van der Waals surface area contributed by atoms with E-state index in [-0.39, 0.29) is 6.54 Å². The Morgan fingerprint density at radius 2 is 2.05 bits per heavy atom. The van der Waals surface area contributed by atoms with Crippen LogP contribution in [0.4, 0.5) is 0 Å². The largest absolute Gasteiger partial charge is 0.481 e.